The van der Waals surface area contributed by atoms with Crippen molar-refractivity contribution in [3.63, 3.8) is 0 Å². The summed E-state index contributed by atoms with van der Waals surface area (Å²) in [5, 5.41) is 9.36. The Balaban J connectivity index is 2.22. The molecule has 5 nitrogen and oxygen atoms in total. The van der Waals surface area contributed by atoms with Crippen LogP contribution >= 0.6 is 0 Å². The van der Waals surface area contributed by atoms with Crippen molar-refractivity contribution in [2.75, 3.05) is 0 Å². The normalized spacial score (nSPS) is 21.0. The van der Waals surface area contributed by atoms with Gasteiger partial charge in [0, 0.05) is 19.4 Å². The number of carbonyl (C=O) groups is 2. The van der Waals surface area contributed by atoms with Gasteiger partial charge in [-0.3, -0.25) is 4.79 Å². The quantitative estimate of drug-likeness (QED) is 0.346. The molecule has 0 bridgehead atoms. The summed E-state index contributed by atoms with van der Waals surface area (Å²) >= 11 is 0. The van der Waals surface area contributed by atoms with Gasteiger partial charge in [0.25, 0.3) is 0 Å². The van der Waals surface area contributed by atoms with Gasteiger partial charge in [-0.2, -0.15) is 0 Å². The Bertz CT molecular complexity index is 750. The highest BCUT2D eigenvalue weighted by atomic mass is 19.2. The molecule has 2 rings (SSSR count). The molecule has 0 aliphatic carbocycles. The molecule has 1 saturated heterocycles. The molecule has 1 aliphatic heterocycles. The third-order valence-corrected chi connectivity index (χ3v) is 4.18. The summed E-state index contributed by atoms with van der Waals surface area (Å²) in [6.07, 6.45) is -2.39. The highest BCUT2D eigenvalue weighted by Gasteiger charge is 2.48. The number of hydrogen-bond acceptors (Lipinski definition) is 4. The molecule has 1 aromatic carbocycles. The molecule has 0 amide bonds. The SMILES string of the molecule is CC(Cc1c(F)c(F)c(F)c(F)c1F)C[C@@H](C(=O)O)[C@@H]1OC(C)(C)OC1=O. The summed E-state index contributed by atoms with van der Waals surface area (Å²) < 4.78 is 77.4. The lowest BCUT2D eigenvalue weighted by molar-refractivity contribution is -0.164. The summed E-state index contributed by atoms with van der Waals surface area (Å²) in [6, 6.07) is 0. The van der Waals surface area contributed by atoms with E-state index >= 15 is 0 Å². The number of esters is 1. The van der Waals surface area contributed by atoms with Gasteiger partial charge in [0.15, 0.2) is 29.4 Å². The predicted molar refractivity (Wildman–Crippen MR) is 79.9 cm³/mol. The highest BCUT2D eigenvalue weighted by Crippen LogP contribution is 2.33. The number of hydrogen-bond donors (Lipinski definition) is 1. The Kier molecular flexibility index (Phi) is 5.79. The first kappa shape index (κ1) is 21.1. The fraction of sp³-hybridized carbons (Fsp3) is 0.529. The zero-order valence-electron chi connectivity index (χ0n) is 14.6. The number of aliphatic carboxylic acids is 1. The van der Waals surface area contributed by atoms with Crippen molar-refractivity contribution < 1.29 is 46.1 Å². The zero-order valence-corrected chi connectivity index (χ0v) is 14.6. The van der Waals surface area contributed by atoms with Crippen molar-refractivity contribution in [1.82, 2.24) is 0 Å². The number of carboxylic acid groups (broad SMARTS) is 1. The molecule has 0 aromatic heterocycles. The molecule has 150 valence electrons. The summed E-state index contributed by atoms with van der Waals surface area (Å²) in [6.45, 7) is 4.17. The maximum absolute atomic E-state index is 13.8. The summed E-state index contributed by atoms with van der Waals surface area (Å²) in [7, 11) is 0. The number of benzene rings is 1. The van der Waals surface area contributed by atoms with E-state index in [0.29, 0.717) is 0 Å². The van der Waals surface area contributed by atoms with Gasteiger partial charge < -0.3 is 14.6 Å². The minimum absolute atomic E-state index is 0.315. The molecule has 0 saturated carbocycles. The van der Waals surface area contributed by atoms with Gasteiger partial charge in [-0.1, -0.05) is 6.92 Å². The summed E-state index contributed by atoms with van der Waals surface area (Å²) in [5.41, 5.74) is -1.04. The van der Waals surface area contributed by atoms with E-state index < -0.39 is 76.7 Å². The third-order valence-electron chi connectivity index (χ3n) is 4.18. The Labute approximate surface area is 151 Å². The average molecular weight is 396 g/mol. The van der Waals surface area contributed by atoms with Crippen LogP contribution in [-0.4, -0.2) is 28.9 Å². The van der Waals surface area contributed by atoms with Gasteiger partial charge in [0.05, 0.1) is 5.92 Å². The van der Waals surface area contributed by atoms with Crippen molar-refractivity contribution in [2.24, 2.45) is 11.8 Å². The van der Waals surface area contributed by atoms with Crippen molar-refractivity contribution in [2.45, 2.75) is 45.5 Å². The second-order valence-electron chi connectivity index (χ2n) is 6.90. The minimum Gasteiger partial charge on any atom is -0.481 e. The van der Waals surface area contributed by atoms with Crippen LogP contribution in [-0.2, 0) is 25.5 Å². The van der Waals surface area contributed by atoms with Gasteiger partial charge in [0.2, 0.25) is 11.6 Å². The number of carbonyl (C=O) groups excluding carboxylic acids is 1. The number of rotatable bonds is 6. The van der Waals surface area contributed by atoms with E-state index in [2.05, 4.69) is 0 Å². The molecule has 27 heavy (non-hydrogen) atoms. The predicted octanol–water partition coefficient (Wildman–Crippen LogP) is 3.33. The van der Waals surface area contributed by atoms with Gasteiger partial charge in [-0.05, 0) is 18.8 Å². The molecule has 1 fully saturated rings. The highest BCUT2D eigenvalue weighted by molar-refractivity contribution is 5.84. The van der Waals surface area contributed by atoms with Crippen molar-refractivity contribution in [3.05, 3.63) is 34.6 Å². The molecule has 1 aromatic rings. The van der Waals surface area contributed by atoms with Gasteiger partial charge in [-0.25, -0.2) is 26.7 Å². The first-order valence-electron chi connectivity index (χ1n) is 7.99. The van der Waals surface area contributed by atoms with Crippen molar-refractivity contribution >= 4 is 11.9 Å². The van der Waals surface area contributed by atoms with Crippen LogP contribution in [0.1, 0.15) is 32.8 Å². The maximum Gasteiger partial charge on any atom is 0.338 e. The van der Waals surface area contributed by atoms with Crippen LogP contribution in [0.3, 0.4) is 0 Å². The Morgan fingerprint density at radius 1 is 1.07 bits per heavy atom. The Hall–Kier alpha value is -2.23. The van der Waals surface area contributed by atoms with Crippen LogP contribution in [0, 0.1) is 40.9 Å². The van der Waals surface area contributed by atoms with E-state index in [9.17, 15) is 36.6 Å². The molecular formula is C17H17F5O5. The molecule has 1 aliphatic rings. The smallest absolute Gasteiger partial charge is 0.338 e. The van der Waals surface area contributed by atoms with Crippen molar-refractivity contribution in [1.29, 1.82) is 0 Å². The fourth-order valence-corrected chi connectivity index (χ4v) is 2.97. The van der Waals surface area contributed by atoms with Gasteiger partial charge >= 0.3 is 11.9 Å². The molecular weight excluding hydrogens is 379 g/mol. The lowest BCUT2D eigenvalue weighted by Gasteiger charge is -2.22. The Morgan fingerprint density at radius 3 is 1.96 bits per heavy atom. The van der Waals surface area contributed by atoms with E-state index in [1.165, 1.54) is 20.8 Å². The van der Waals surface area contributed by atoms with Crippen molar-refractivity contribution in [3.8, 4) is 0 Å². The molecule has 1 heterocycles. The monoisotopic (exact) mass is 396 g/mol. The third kappa shape index (κ3) is 4.20. The van der Waals surface area contributed by atoms with Crippen LogP contribution < -0.4 is 0 Å². The fourth-order valence-electron chi connectivity index (χ4n) is 2.97. The zero-order chi connectivity index (χ0) is 20.7. The topological polar surface area (TPSA) is 72.8 Å². The number of carboxylic acids is 1. The summed E-state index contributed by atoms with van der Waals surface area (Å²) in [5.74, 6) is -16.3. The van der Waals surface area contributed by atoms with E-state index in [-0.39, 0.29) is 6.42 Å². The van der Waals surface area contributed by atoms with Gasteiger partial charge in [-0.15, -0.1) is 0 Å². The molecule has 1 unspecified atom stereocenters. The standard InChI is InChI=1S/C17H17F5O5/c1-6(4-7-9(18)11(20)13(22)12(21)10(7)19)5-8(15(23)24)14-16(25)27-17(2,3)26-14/h6,8,14H,4-5H2,1-3H3,(H,23,24)/t6?,8-,14+/m1/s1. The second-order valence-corrected chi connectivity index (χ2v) is 6.90. The van der Waals surface area contributed by atoms with E-state index in [4.69, 9.17) is 9.47 Å². The van der Waals surface area contributed by atoms with E-state index in [0.717, 1.165) is 0 Å². The van der Waals surface area contributed by atoms with E-state index in [1.54, 1.807) is 0 Å². The van der Waals surface area contributed by atoms with Crippen LogP contribution in [0.4, 0.5) is 22.0 Å². The summed E-state index contributed by atoms with van der Waals surface area (Å²) in [4.78, 5) is 23.4. The largest absolute Gasteiger partial charge is 0.481 e. The van der Waals surface area contributed by atoms with Gasteiger partial charge in [0.1, 0.15) is 0 Å². The first-order chi connectivity index (χ1) is 12.4. The minimum atomic E-state index is -2.27. The van der Waals surface area contributed by atoms with Crippen LogP contribution in [0.15, 0.2) is 0 Å². The second kappa shape index (κ2) is 7.41. The lowest BCUT2D eigenvalue weighted by atomic mass is 9.87. The molecule has 10 heteroatoms. The van der Waals surface area contributed by atoms with E-state index in [1.807, 2.05) is 0 Å². The number of cyclic esters (lactones) is 1. The molecule has 1 N–H and O–H groups in total. The average Bonchev–Trinajstić information content (AvgIpc) is 2.85. The van der Waals surface area contributed by atoms with Crippen LogP contribution in [0.25, 0.3) is 0 Å². The lowest BCUT2D eigenvalue weighted by Crippen LogP contribution is -2.35. The van der Waals surface area contributed by atoms with Crippen LogP contribution in [0.5, 0.6) is 0 Å². The number of ether oxygens (including phenoxy) is 2. The molecule has 0 radical (unpaired) electrons. The Morgan fingerprint density at radius 2 is 1.56 bits per heavy atom. The first-order valence-corrected chi connectivity index (χ1v) is 7.99. The molecule has 3 atom stereocenters. The maximum atomic E-state index is 13.8. The van der Waals surface area contributed by atoms with Crippen LogP contribution in [0.2, 0.25) is 0 Å². The molecule has 0 spiro atoms. The number of halogens is 5.